The molecular formula is C11H16S. The summed E-state index contributed by atoms with van der Waals surface area (Å²) >= 11 is 5.59. The minimum atomic E-state index is 0.490. The van der Waals surface area contributed by atoms with Crippen LogP contribution in [0.1, 0.15) is 39.0 Å². The summed E-state index contributed by atoms with van der Waals surface area (Å²) < 4.78 is 0. The summed E-state index contributed by atoms with van der Waals surface area (Å²) in [5.41, 5.74) is 0.490. The lowest BCUT2D eigenvalue weighted by Gasteiger charge is -2.56. The third-order valence-electron chi connectivity index (χ3n) is 4.35. The SMILES string of the molecule is CC12CC3CC(CC(C3)C1=S)C2. The molecule has 2 unspecified atom stereocenters. The second kappa shape index (κ2) is 2.12. The zero-order chi connectivity index (χ0) is 8.34. The molecule has 4 aliphatic carbocycles. The van der Waals surface area contributed by atoms with Crippen molar-refractivity contribution < 1.29 is 0 Å². The fraction of sp³-hybridized carbons (Fsp3) is 0.909. The van der Waals surface area contributed by atoms with Gasteiger partial charge in [-0.05, 0) is 55.3 Å². The van der Waals surface area contributed by atoms with E-state index < -0.39 is 0 Å². The van der Waals surface area contributed by atoms with E-state index in [9.17, 15) is 0 Å². The summed E-state index contributed by atoms with van der Waals surface area (Å²) in [4.78, 5) is 1.44. The third-order valence-corrected chi connectivity index (χ3v) is 5.17. The van der Waals surface area contributed by atoms with Crippen LogP contribution in [0.25, 0.3) is 0 Å². The highest BCUT2D eigenvalue weighted by Crippen LogP contribution is 2.58. The molecule has 12 heavy (non-hydrogen) atoms. The molecule has 0 heterocycles. The lowest BCUT2D eigenvalue weighted by molar-refractivity contribution is 0.0611. The molecule has 66 valence electrons. The molecule has 0 nitrogen and oxygen atoms in total. The fourth-order valence-electron chi connectivity index (χ4n) is 4.16. The molecule has 0 saturated heterocycles. The smallest absolute Gasteiger partial charge is 0.00188 e. The fourth-order valence-corrected chi connectivity index (χ4v) is 4.52. The highest BCUT2D eigenvalue weighted by Gasteiger charge is 2.51. The van der Waals surface area contributed by atoms with Crippen molar-refractivity contribution in [1.82, 2.24) is 0 Å². The van der Waals surface area contributed by atoms with Crippen LogP contribution in [0.15, 0.2) is 0 Å². The van der Waals surface area contributed by atoms with Crippen LogP contribution in [0.5, 0.6) is 0 Å². The van der Waals surface area contributed by atoms with E-state index in [4.69, 9.17) is 12.2 Å². The molecule has 0 N–H and O–H groups in total. The zero-order valence-electron chi connectivity index (χ0n) is 7.68. The first-order valence-electron chi connectivity index (χ1n) is 5.22. The quantitative estimate of drug-likeness (QED) is 0.516. The van der Waals surface area contributed by atoms with Gasteiger partial charge >= 0.3 is 0 Å². The van der Waals surface area contributed by atoms with Crippen LogP contribution in [0, 0.1) is 23.2 Å². The summed E-state index contributed by atoms with van der Waals surface area (Å²) in [5, 5.41) is 0. The Morgan fingerprint density at radius 1 is 1.17 bits per heavy atom. The molecule has 0 radical (unpaired) electrons. The van der Waals surface area contributed by atoms with Gasteiger partial charge in [0.15, 0.2) is 0 Å². The van der Waals surface area contributed by atoms with Crippen LogP contribution in [-0.2, 0) is 0 Å². The highest BCUT2D eigenvalue weighted by molar-refractivity contribution is 7.80. The van der Waals surface area contributed by atoms with Crippen molar-refractivity contribution in [3.8, 4) is 0 Å². The van der Waals surface area contributed by atoms with Crippen LogP contribution < -0.4 is 0 Å². The van der Waals surface area contributed by atoms with Crippen molar-refractivity contribution in [2.75, 3.05) is 0 Å². The predicted octanol–water partition coefficient (Wildman–Crippen LogP) is 3.20. The standard InChI is InChI=1S/C11H16S/c1-11-5-7-2-8(6-11)4-9(3-7)10(11)12/h7-9H,2-6H2,1H3. The van der Waals surface area contributed by atoms with Crippen molar-refractivity contribution in [3.63, 3.8) is 0 Å². The van der Waals surface area contributed by atoms with Gasteiger partial charge in [0.1, 0.15) is 0 Å². The molecule has 1 heteroatoms. The van der Waals surface area contributed by atoms with Gasteiger partial charge in [-0.25, -0.2) is 0 Å². The maximum Gasteiger partial charge on any atom is 0.00188 e. The molecule has 4 rings (SSSR count). The highest BCUT2D eigenvalue weighted by atomic mass is 32.1. The second-order valence-electron chi connectivity index (χ2n) is 5.47. The third kappa shape index (κ3) is 0.810. The Hall–Kier alpha value is 0.0900. The normalized spacial score (nSPS) is 56.4. The Balaban J connectivity index is 2.02. The number of rotatable bonds is 0. The van der Waals surface area contributed by atoms with E-state index in [2.05, 4.69) is 6.92 Å². The van der Waals surface area contributed by atoms with E-state index in [1.54, 1.807) is 0 Å². The average molecular weight is 180 g/mol. The van der Waals surface area contributed by atoms with Crippen LogP contribution in [-0.4, -0.2) is 4.86 Å². The van der Waals surface area contributed by atoms with Gasteiger partial charge in [-0.3, -0.25) is 0 Å². The molecule has 4 saturated carbocycles. The molecule has 0 aromatic rings. The first kappa shape index (κ1) is 7.49. The summed E-state index contributed by atoms with van der Waals surface area (Å²) in [7, 11) is 0. The molecular weight excluding hydrogens is 164 g/mol. The van der Waals surface area contributed by atoms with Gasteiger partial charge in [0, 0.05) is 4.86 Å². The van der Waals surface area contributed by atoms with Gasteiger partial charge in [-0.15, -0.1) is 0 Å². The van der Waals surface area contributed by atoms with E-state index in [0.29, 0.717) is 5.41 Å². The van der Waals surface area contributed by atoms with Gasteiger partial charge in [-0.1, -0.05) is 19.1 Å². The topological polar surface area (TPSA) is 0 Å². The van der Waals surface area contributed by atoms with Crippen LogP contribution in [0.4, 0.5) is 0 Å². The first-order chi connectivity index (χ1) is 5.67. The van der Waals surface area contributed by atoms with Gasteiger partial charge in [0.25, 0.3) is 0 Å². The van der Waals surface area contributed by atoms with E-state index in [1.807, 2.05) is 0 Å². The molecule has 0 aliphatic heterocycles. The number of hydrogen-bond acceptors (Lipinski definition) is 1. The second-order valence-corrected chi connectivity index (χ2v) is 5.91. The summed E-state index contributed by atoms with van der Waals surface area (Å²) in [6.07, 6.45) is 7.22. The number of hydrogen-bond donors (Lipinski definition) is 0. The molecule has 4 fully saturated rings. The monoisotopic (exact) mass is 180 g/mol. The van der Waals surface area contributed by atoms with E-state index in [-0.39, 0.29) is 0 Å². The van der Waals surface area contributed by atoms with Crippen LogP contribution >= 0.6 is 12.2 Å². The molecule has 0 amide bonds. The molecule has 0 aromatic heterocycles. The van der Waals surface area contributed by atoms with E-state index >= 15 is 0 Å². The Kier molecular flexibility index (Phi) is 1.32. The van der Waals surface area contributed by atoms with Gasteiger partial charge in [-0.2, -0.15) is 0 Å². The van der Waals surface area contributed by atoms with Gasteiger partial charge in [0.2, 0.25) is 0 Å². The van der Waals surface area contributed by atoms with Gasteiger partial charge < -0.3 is 0 Å². The average Bonchev–Trinajstić information content (AvgIpc) is 1.98. The number of thiocarbonyl (C=S) groups is 1. The maximum atomic E-state index is 5.59. The first-order valence-corrected chi connectivity index (χ1v) is 5.62. The Bertz CT molecular complexity index is 229. The predicted molar refractivity (Wildman–Crippen MR) is 54.3 cm³/mol. The summed E-state index contributed by atoms with van der Waals surface area (Å²) in [5.74, 6) is 2.93. The van der Waals surface area contributed by atoms with Crippen molar-refractivity contribution in [3.05, 3.63) is 0 Å². The largest absolute Gasteiger partial charge is 0.0888 e. The van der Waals surface area contributed by atoms with Crippen LogP contribution in [0.3, 0.4) is 0 Å². The molecule has 4 bridgehead atoms. The Labute approximate surface area is 79.7 Å². The van der Waals surface area contributed by atoms with Gasteiger partial charge in [0.05, 0.1) is 0 Å². The van der Waals surface area contributed by atoms with E-state index in [1.165, 1.54) is 37.0 Å². The molecule has 4 aliphatic rings. The maximum absolute atomic E-state index is 5.59. The van der Waals surface area contributed by atoms with Crippen molar-refractivity contribution in [2.45, 2.75) is 39.0 Å². The van der Waals surface area contributed by atoms with Crippen molar-refractivity contribution in [2.24, 2.45) is 23.2 Å². The van der Waals surface area contributed by atoms with Crippen LogP contribution in [0.2, 0.25) is 0 Å². The molecule has 0 spiro atoms. The minimum absolute atomic E-state index is 0.490. The van der Waals surface area contributed by atoms with E-state index in [0.717, 1.165) is 17.8 Å². The Morgan fingerprint density at radius 3 is 2.25 bits per heavy atom. The Morgan fingerprint density at radius 2 is 1.75 bits per heavy atom. The summed E-state index contributed by atoms with van der Waals surface area (Å²) in [6.45, 7) is 2.42. The summed E-state index contributed by atoms with van der Waals surface area (Å²) in [6, 6.07) is 0. The van der Waals surface area contributed by atoms with Crippen molar-refractivity contribution >= 4 is 17.1 Å². The van der Waals surface area contributed by atoms with Crippen molar-refractivity contribution in [1.29, 1.82) is 0 Å². The molecule has 2 atom stereocenters. The molecule has 0 aromatic carbocycles. The zero-order valence-corrected chi connectivity index (χ0v) is 8.49. The lowest BCUT2D eigenvalue weighted by atomic mass is 9.50. The lowest BCUT2D eigenvalue weighted by Crippen LogP contribution is -2.50. The minimum Gasteiger partial charge on any atom is -0.0888 e.